The number of amides is 3. The number of nitrogens with one attached hydrogen (secondary N) is 1. The van der Waals surface area contributed by atoms with Gasteiger partial charge in [-0.05, 0) is 36.4 Å². The molecule has 3 amide bonds. The van der Waals surface area contributed by atoms with Crippen LogP contribution in [0.2, 0.25) is 10.0 Å². The average Bonchev–Trinajstić information content (AvgIpc) is 2.99. The van der Waals surface area contributed by atoms with Crippen molar-refractivity contribution < 1.29 is 19.2 Å². The minimum absolute atomic E-state index is 0.0343. The summed E-state index contributed by atoms with van der Waals surface area (Å²) in [5.74, 6) is -1.64. The zero-order valence-electron chi connectivity index (χ0n) is 15.2. The van der Waals surface area contributed by atoms with Crippen LogP contribution >= 0.6 is 23.2 Å². The Balaban J connectivity index is 1.66. The van der Waals surface area contributed by atoms with Crippen molar-refractivity contribution in [1.82, 2.24) is 0 Å². The number of aldehydes is 1. The van der Waals surface area contributed by atoms with Crippen LogP contribution in [0.5, 0.6) is 0 Å². The molecule has 1 aliphatic heterocycles. The second-order valence-electron chi connectivity index (χ2n) is 6.43. The molecule has 0 spiro atoms. The molecule has 0 bridgehead atoms. The van der Waals surface area contributed by atoms with E-state index < -0.39 is 17.7 Å². The lowest BCUT2D eigenvalue weighted by Crippen LogP contribution is -2.29. The number of benzene rings is 3. The highest BCUT2D eigenvalue weighted by atomic mass is 35.5. The maximum absolute atomic E-state index is 12.8. The van der Waals surface area contributed by atoms with Gasteiger partial charge in [-0.25, -0.2) is 4.90 Å². The zero-order valence-corrected chi connectivity index (χ0v) is 16.7. The number of fused-ring (bicyclic) bond motifs is 1. The highest BCUT2D eigenvalue weighted by Crippen LogP contribution is 2.33. The summed E-state index contributed by atoms with van der Waals surface area (Å²) < 4.78 is 0. The molecule has 148 valence electrons. The van der Waals surface area contributed by atoms with Crippen molar-refractivity contribution in [1.29, 1.82) is 0 Å². The lowest BCUT2D eigenvalue weighted by molar-refractivity contribution is 0.0925. The summed E-state index contributed by atoms with van der Waals surface area (Å²) in [6.07, 6.45) is 0.541. The van der Waals surface area contributed by atoms with Crippen molar-refractivity contribution in [2.45, 2.75) is 0 Å². The van der Waals surface area contributed by atoms with Crippen LogP contribution in [0.25, 0.3) is 0 Å². The molecule has 6 nitrogen and oxygen atoms in total. The number of carbonyl (C=O) groups excluding carboxylic acids is 4. The molecule has 8 heteroatoms. The Hall–Kier alpha value is -3.48. The average molecular weight is 439 g/mol. The van der Waals surface area contributed by atoms with Gasteiger partial charge in [-0.15, -0.1) is 0 Å². The third kappa shape index (κ3) is 3.26. The molecule has 0 aromatic heterocycles. The number of imide groups is 1. The summed E-state index contributed by atoms with van der Waals surface area (Å²) >= 11 is 12.2. The van der Waals surface area contributed by atoms with Gasteiger partial charge in [0.1, 0.15) is 0 Å². The topological polar surface area (TPSA) is 83.6 Å². The lowest BCUT2D eigenvalue weighted by atomic mass is 10.1. The Morgan fingerprint density at radius 1 is 0.900 bits per heavy atom. The Kier molecular flexibility index (Phi) is 5.11. The zero-order chi connectivity index (χ0) is 21.4. The van der Waals surface area contributed by atoms with Crippen LogP contribution in [0.1, 0.15) is 41.4 Å². The van der Waals surface area contributed by atoms with E-state index in [0.29, 0.717) is 12.0 Å². The van der Waals surface area contributed by atoms with Gasteiger partial charge in [0.05, 0.1) is 32.4 Å². The first-order chi connectivity index (χ1) is 14.4. The van der Waals surface area contributed by atoms with Crippen molar-refractivity contribution in [3.05, 3.63) is 93.0 Å². The van der Waals surface area contributed by atoms with Gasteiger partial charge in [0.25, 0.3) is 17.7 Å². The number of nitrogens with zero attached hydrogens (tertiary/aromatic N) is 1. The van der Waals surface area contributed by atoms with Crippen molar-refractivity contribution in [2.24, 2.45) is 0 Å². The second kappa shape index (κ2) is 7.74. The molecule has 0 unspecified atom stereocenters. The summed E-state index contributed by atoms with van der Waals surface area (Å²) in [4.78, 5) is 50.5. The van der Waals surface area contributed by atoms with Crippen molar-refractivity contribution in [3.8, 4) is 0 Å². The van der Waals surface area contributed by atoms with Crippen LogP contribution in [0, 0.1) is 0 Å². The predicted octanol–water partition coefficient (Wildman–Crippen LogP) is 4.86. The van der Waals surface area contributed by atoms with Crippen molar-refractivity contribution in [2.75, 3.05) is 10.2 Å². The molecule has 0 saturated heterocycles. The van der Waals surface area contributed by atoms with E-state index in [-0.39, 0.29) is 38.0 Å². The number of rotatable bonds is 4. The standard InChI is InChI=1S/C22H12Cl2N2O4/c23-16-8-1-4-12(11-27)18(16)20(28)25-13-5-2-6-14(10-13)26-21(29)15-7-3-9-17(24)19(15)22(26)30/h1-11H,(H,25,28). The molecule has 1 heterocycles. The summed E-state index contributed by atoms with van der Waals surface area (Å²) in [5, 5.41) is 2.96. The summed E-state index contributed by atoms with van der Waals surface area (Å²) in [7, 11) is 0. The Morgan fingerprint density at radius 3 is 2.33 bits per heavy atom. The van der Waals surface area contributed by atoms with Crippen molar-refractivity contribution in [3.63, 3.8) is 0 Å². The van der Waals surface area contributed by atoms with E-state index in [1.165, 1.54) is 24.3 Å². The fraction of sp³-hybridized carbons (Fsp3) is 0. The Labute approximate surface area is 181 Å². The van der Waals surface area contributed by atoms with Crippen LogP contribution in [-0.4, -0.2) is 24.0 Å². The first-order valence-corrected chi connectivity index (χ1v) is 9.50. The van der Waals surface area contributed by atoms with E-state index in [4.69, 9.17) is 23.2 Å². The molecule has 0 radical (unpaired) electrons. The molecule has 0 atom stereocenters. The predicted molar refractivity (Wildman–Crippen MR) is 114 cm³/mol. The number of carbonyl (C=O) groups is 4. The summed E-state index contributed by atoms with van der Waals surface area (Å²) in [6.45, 7) is 0. The molecule has 1 N–H and O–H groups in total. The Morgan fingerprint density at radius 2 is 1.60 bits per heavy atom. The van der Waals surface area contributed by atoms with Gasteiger partial charge in [0.2, 0.25) is 0 Å². The third-order valence-electron chi connectivity index (χ3n) is 4.63. The molecular formula is C22H12Cl2N2O4. The maximum atomic E-state index is 12.8. The molecule has 30 heavy (non-hydrogen) atoms. The highest BCUT2D eigenvalue weighted by molar-refractivity contribution is 6.42. The normalized spacial score (nSPS) is 12.7. The SMILES string of the molecule is O=Cc1cccc(Cl)c1C(=O)Nc1cccc(N2C(=O)c3cccc(Cl)c3C2=O)c1. The Bertz CT molecular complexity index is 1240. The highest BCUT2D eigenvalue weighted by Gasteiger charge is 2.38. The number of anilines is 2. The molecule has 3 aromatic carbocycles. The number of hydrogen-bond donors (Lipinski definition) is 1. The maximum Gasteiger partial charge on any atom is 0.267 e. The largest absolute Gasteiger partial charge is 0.322 e. The van der Waals surface area contributed by atoms with Gasteiger partial charge in [0, 0.05) is 11.3 Å². The first kappa shape index (κ1) is 19.8. The van der Waals surface area contributed by atoms with Crippen LogP contribution in [-0.2, 0) is 0 Å². The van der Waals surface area contributed by atoms with Crippen LogP contribution < -0.4 is 10.2 Å². The van der Waals surface area contributed by atoms with Gasteiger partial charge in [-0.1, -0.05) is 47.5 Å². The fourth-order valence-electron chi connectivity index (χ4n) is 3.27. The van der Waals surface area contributed by atoms with Crippen LogP contribution in [0.3, 0.4) is 0 Å². The molecule has 4 rings (SSSR count). The van der Waals surface area contributed by atoms with Gasteiger partial charge in [-0.2, -0.15) is 0 Å². The second-order valence-corrected chi connectivity index (χ2v) is 7.25. The summed E-state index contributed by atoms with van der Waals surface area (Å²) in [5.41, 5.74) is 1.12. The summed E-state index contributed by atoms with van der Waals surface area (Å²) in [6, 6.07) is 15.4. The monoisotopic (exact) mass is 438 g/mol. The minimum atomic E-state index is -0.592. The molecule has 3 aromatic rings. The first-order valence-electron chi connectivity index (χ1n) is 8.74. The van der Waals surface area contributed by atoms with Gasteiger partial charge in [0.15, 0.2) is 6.29 Å². The molecule has 0 aliphatic carbocycles. The van der Waals surface area contributed by atoms with E-state index >= 15 is 0 Å². The molecular weight excluding hydrogens is 427 g/mol. The van der Waals surface area contributed by atoms with E-state index in [1.807, 2.05) is 0 Å². The molecule has 1 aliphatic rings. The minimum Gasteiger partial charge on any atom is -0.322 e. The van der Waals surface area contributed by atoms with E-state index in [1.54, 1.807) is 36.4 Å². The van der Waals surface area contributed by atoms with E-state index in [9.17, 15) is 19.2 Å². The fourth-order valence-corrected chi connectivity index (χ4v) is 3.80. The van der Waals surface area contributed by atoms with Gasteiger partial charge < -0.3 is 5.32 Å². The van der Waals surface area contributed by atoms with Crippen LogP contribution in [0.15, 0.2) is 60.7 Å². The van der Waals surface area contributed by atoms with Crippen molar-refractivity contribution >= 4 is 58.6 Å². The van der Waals surface area contributed by atoms with Gasteiger partial charge in [-0.3, -0.25) is 19.2 Å². The number of hydrogen-bond acceptors (Lipinski definition) is 4. The van der Waals surface area contributed by atoms with Crippen LogP contribution in [0.4, 0.5) is 11.4 Å². The lowest BCUT2D eigenvalue weighted by Gasteiger charge is -2.16. The van der Waals surface area contributed by atoms with E-state index in [0.717, 1.165) is 4.90 Å². The van der Waals surface area contributed by atoms with Gasteiger partial charge >= 0.3 is 0 Å². The quantitative estimate of drug-likeness (QED) is 0.465. The molecule has 0 saturated carbocycles. The van der Waals surface area contributed by atoms with E-state index in [2.05, 4.69) is 5.32 Å². The third-order valence-corrected chi connectivity index (χ3v) is 5.26. The smallest absolute Gasteiger partial charge is 0.267 e. The molecule has 0 fully saturated rings. The number of halogens is 2.